The van der Waals surface area contributed by atoms with Crippen molar-refractivity contribution in [3.05, 3.63) is 24.0 Å². The predicted molar refractivity (Wildman–Crippen MR) is 86.9 cm³/mol. The molecule has 0 aromatic carbocycles. The van der Waals surface area contributed by atoms with Crippen LogP contribution in [-0.4, -0.2) is 30.1 Å². The number of nitrogens with one attached hydrogen (secondary N) is 1. The molecule has 5 nitrogen and oxygen atoms in total. The van der Waals surface area contributed by atoms with Crippen LogP contribution in [0.25, 0.3) is 0 Å². The Morgan fingerprint density at radius 3 is 2.27 bits per heavy atom. The van der Waals surface area contributed by atoms with Crippen LogP contribution in [0, 0.1) is 12.3 Å². The molecule has 5 heteroatoms. The van der Waals surface area contributed by atoms with E-state index in [9.17, 15) is 14.4 Å². The van der Waals surface area contributed by atoms with Gasteiger partial charge in [0, 0.05) is 6.42 Å². The van der Waals surface area contributed by atoms with E-state index in [0.717, 1.165) is 0 Å². The third-order valence-corrected chi connectivity index (χ3v) is 2.32. The molecular weight excluding hydrogens is 282 g/mol. The van der Waals surface area contributed by atoms with E-state index in [1.54, 1.807) is 19.1 Å². The maximum Gasteiger partial charge on any atom is 0.258 e. The molecule has 0 fully saturated rings. The minimum atomic E-state index is -0.807. The highest BCUT2D eigenvalue weighted by atomic mass is 16.5. The number of ketones is 2. The van der Waals surface area contributed by atoms with Crippen LogP contribution in [0.15, 0.2) is 24.0 Å². The highest BCUT2D eigenvalue weighted by Crippen LogP contribution is 2.00. The zero-order valence-corrected chi connectivity index (χ0v) is 13.9. The molecule has 0 rings (SSSR count). The van der Waals surface area contributed by atoms with Gasteiger partial charge < -0.3 is 10.1 Å². The van der Waals surface area contributed by atoms with E-state index in [1.807, 2.05) is 13.8 Å². The van der Waals surface area contributed by atoms with E-state index in [1.165, 1.54) is 19.9 Å². The summed E-state index contributed by atoms with van der Waals surface area (Å²) in [5.74, 6) is 1.84. The molecule has 1 N–H and O–H groups in total. The van der Waals surface area contributed by atoms with Crippen molar-refractivity contribution in [3.63, 3.8) is 0 Å². The fourth-order valence-electron chi connectivity index (χ4n) is 1.33. The summed E-state index contributed by atoms with van der Waals surface area (Å²) in [6.45, 7) is 8.17. The SMILES string of the molecule is C#C/C=C\C(=C/C)OCC(=O)NC(CC(C)=O)C(C)=O.CC. The fraction of sp³-hybridized carbons (Fsp3) is 0.471. The Labute approximate surface area is 132 Å². The lowest BCUT2D eigenvalue weighted by molar-refractivity contribution is -0.130. The molecular formula is C17H25NO4. The summed E-state index contributed by atoms with van der Waals surface area (Å²) in [4.78, 5) is 33.9. The van der Waals surface area contributed by atoms with E-state index in [2.05, 4.69) is 11.2 Å². The number of carbonyl (C=O) groups excluding carboxylic acids is 3. The monoisotopic (exact) mass is 307 g/mol. The Balaban J connectivity index is 0. The largest absolute Gasteiger partial charge is 0.484 e. The van der Waals surface area contributed by atoms with Crippen LogP contribution >= 0.6 is 0 Å². The number of hydrogen-bond donors (Lipinski definition) is 1. The van der Waals surface area contributed by atoms with Gasteiger partial charge in [0.05, 0.1) is 6.04 Å². The number of carbonyl (C=O) groups is 3. The van der Waals surface area contributed by atoms with E-state index in [4.69, 9.17) is 11.2 Å². The third-order valence-electron chi connectivity index (χ3n) is 2.32. The van der Waals surface area contributed by atoms with E-state index in [0.29, 0.717) is 5.76 Å². The number of rotatable bonds is 8. The van der Waals surface area contributed by atoms with E-state index < -0.39 is 11.9 Å². The number of hydrogen-bond acceptors (Lipinski definition) is 4. The van der Waals surface area contributed by atoms with Gasteiger partial charge in [-0.25, -0.2) is 0 Å². The average Bonchev–Trinajstić information content (AvgIpc) is 2.48. The smallest absolute Gasteiger partial charge is 0.258 e. The van der Waals surface area contributed by atoms with Gasteiger partial charge >= 0.3 is 0 Å². The van der Waals surface area contributed by atoms with Crippen LogP contribution in [0.3, 0.4) is 0 Å². The molecule has 0 saturated carbocycles. The van der Waals surface area contributed by atoms with Crippen molar-refractivity contribution in [2.75, 3.05) is 6.61 Å². The average molecular weight is 307 g/mol. The highest BCUT2D eigenvalue weighted by Gasteiger charge is 2.18. The van der Waals surface area contributed by atoms with Crippen molar-refractivity contribution in [1.29, 1.82) is 0 Å². The first kappa shape index (κ1) is 21.9. The fourth-order valence-corrected chi connectivity index (χ4v) is 1.33. The molecule has 0 aliphatic heterocycles. The summed E-state index contributed by atoms with van der Waals surface area (Å²) in [5, 5.41) is 2.46. The summed E-state index contributed by atoms with van der Waals surface area (Å²) >= 11 is 0. The number of ether oxygens (including phenoxy) is 1. The first-order valence-corrected chi connectivity index (χ1v) is 7.11. The van der Waals surface area contributed by atoms with Crippen LogP contribution in [0.2, 0.25) is 0 Å². The predicted octanol–water partition coefficient (Wildman–Crippen LogP) is 2.18. The quantitative estimate of drug-likeness (QED) is 0.424. The Hall–Kier alpha value is -2.35. The summed E-state index contributed by atoms with van der Waals surface area (Å²) in [5.41, 5.74) is 0. The zero-order chi connectivity index (χ0) is 17.5. The maximum atomic E-state index is 11.6. The van der Waals surface area contributed by atoms with Crippen molar-refractivity contribution in [2.45, 2.75) is 47.1 Å². The Bertz CT molecular complexity index is 470. The van der Waals surface area contributed by atoms with Crippen LogP contribution in [-0.2, 0) is 19.1 Å². The number of allylic oxidation sites excluding steroid dienone is 3. The summed E-state index contributed by atoms with van der Waals surface area (Å²) in [7, 11) is 0. The lowest BCUT2D eigenvalue weighted by Crippen LogP contribution is -2.42. The second-order valence-corrected chi connectivity index (χ2v) is 4.12. The second-order valence-electron chi connectivity index (χ2n) is 4.12. The molecule has 0 aliphatic carbocycles. The summed E-state index contributed by atoms with van der Waals surface area (Å²) in [6, 6.07) is -0.807. The molecule has 1 atom stereocenters. The molecule has 0 aromatic rings. The van der Waals surface area contributed by atoms with Crippen molar-refractivity contribution < 1.29 is 19.1 Å². The van der Waals surface area contributed by atoms with Gasteiger partial charge in [-0.3, -0.25) is 14.4 Å². The van der Waals surface area contributed by atoms with Gasteiger partial charge in [0.15, 0.2) is 12.4 Å². The summed E-state index contributed by atoms with van der Waals surface area (Å²) < 4.78 is 5.21. The lowest BCUT2D eigenvalue weighted by atomic mass is 10.1. The van der Waals surface area contributed by atoms with Crippen LogP contribution < -0.4 is 5.32 Å². The van der Waals surface area contributed by atoms with Crippen molar-refractivity contribution in [3.8, 4) is 12.3 Å². The number of amides is 1. The Morgan fingerprint density at radius 2 is 1.86 bits per heavy atom. The topological polar surface area (TPSA) is 72.5 Å². The summed E-state index contributed by atoms with van der Waals surface area (Å²) in [6.07, 6.45) is 9.69. The van der Waals surface area contributed by atoms with E-state index >= 15 is 0 Å². The lowest BCUT2D eigenvalue weighted by Gasteiger charge is -2.14. The van der Waals surface area contributed by atoms with Crippen molar-refractivity contribution in [2.24, 2.45) is 0 Å². The normalized spacial score (nSPS) is 11.7. The first-order chi connectivity index (χ1) is 10.4. The standard InChI is InChI=1S/C15H19NO4.C2H6/c1-5-7-8-13(6-2)20-10-15(19)16-14(12(4)18)9-11(3)17;1-2/h1,6-8,14H,9-10H2,2-4H3,(H,16,19);1-2H3/b8-7-,13-6+;. The van der Waals surface area contributed by atoms with Crippen LogP contribution in [0.4, 0.5) is 0 Å². The number of terminal acetylenes is 1. The molecule has 122 valence electrons. The third kappa shape index (κ3) is 11.5. The molecule has 0 heterocycles. The highest BCUT2D eigenvalue weighted by molar-refractivity contribution is 5.92. The second kappa shape index (κ2) is 13.6. The van der Waals surface area contributed by atoms with Gasteiger partial charge in [-0.2, -0.15) is 0 Å². The Morgan fingerprint density at radius 1 is 1.27 bits per heavy atom. The van der Waals surface area contributed by atoms with Gasteiger partial charge in [-0.15, -0.1) is 6.42 Å². The molecule has 1 amide bonds. The van der Waals surface area contributed by atoms with Gasteiger partial charge in [0.2, 0.25) is 0 Å². The molecule has 1 unspecified atom stereocenters. The maximum absolute atomic E-state index is 11.6. The zero-order valence-electron chi connectivity index (χ0n) is 13.9. The molecule has 0 aromatic heterocycles. The molecule has 0 spiro atoms. The first-order valence-electron chi connectivity index (χ1n) is 7.11. The van der Waals surface area contributed by atoms with Gasteiger partial charge in [0.25, 0.3) is 5.91 Å². The molecule has 22 heavy (non-hydrogen) atoms. The van der Waals surface area contributed by atoms with Gasteiger partial charge in [-0.05, 0) is 39.0 Å². The van der Waals surface area contributed by atoms with Crippen LogP contribution in [0.1, 0.15) is 41.0 Å². The minimum Gasteiger partial charge on any atom is -0.484 e. The Kier molecular flexibility index (Phi) is 13.6. The van der Waals surface area contributed by atoms with E-state index in [-0.39, 0.29) is 24.6 Å². The van der Waals surface area contributed by atoms with Crippen LogP contribution in [0.5, 0.6) is 0 Å². The number of Topliss-reactive ketones (excluding diaryl/α,β-unsaturated/α-hetero) is 2. The molecule has 0 radical (unpaired) electrons. The van der Waals surface area contributed by atoms with Crippen molar-refractivity contribution in [1.82, 2.24) is 5.32 Å². The van der Waals surface area contributed by atoms with Gasteiger partial charge in [0.1, 0.15) is 11.5 Å². The molecule has 0 aliphatic rings. The molecule has 0 bridgehead atoms. The minimum absolute atomic E-state index is 0.0193. The van der Waals surface area contributed by atoms with Gasteiger partial charge in [-0.1, -0.05) is 19.8 Å². The van der Waals surface area contributed by atoms with Crippen molar-refractivity contribution >= 4 is 17.5 Å². The molecule has 0 saturated heterocycles.